The third-order valence-electron chi connectivity index (χ3n) is 3.33. The number of para-hydroxylation sites is 1. The highest BCUT2D eigenvalue weighted by atomic mass is 16.5. The molecule has 2 aromatic rings. The van der Waals surface area contributed by atoms with Crippen LogP contribution >= 0.6 is 0 Å². The summed E-state index contributed by atoms with van der Waals surface area (Å²) in [6, 6.07) is 9.27. The smallest absolute Gasteiger partial charge is 0.359 e. The number of benzene rings is 1. The summed E-state index contributed by atoms with van der Waals surface area (Å²) in [6.45, 7) is 2.52. The van der Waals surface area contributed by atoms with Crippen LogP contribution in [0.5, 0.6) is 0 Å². The Balaban J connectivity index is 2.17. The van der Waals surface area contributed by atoms with Gasteiger partial charge in [0.1, 0.15) is 5.69 Å². The van der Waals surface area contributed by atoms with Crippen LogP contribution in [0.15, 0.2) is 30.3 Å². The van der Waals surface area contributed by atoms with E-state index in [2.05, 4.69) is 10.4 Å². The van der Waals surface area contributed by atoms with Crippen LogP contribution in [0.25, 0.3) is 5.69 Å². The Labute approximate surface area is 121 Å². The van der Waals surface area contributed by atoms with Crippen LogP contribution in [0.1, 0.15) is 33.5 Å². The van der Waals surface area contributed by atoms with Gasteiger partial charge in [-0.05, 0) is 25.5 Å². The van der Waals surface area contributed by atoms with Gasteiger partial charge in [0.05, 0.1) is 12.3 Å². The number of carbonyl (C=O) groups is 2. The summed E-state index contributed by atoms with van der Waals surface area (Å²) in [5.74, 6) is -0.707. The minimum atomic E-state index is -0.488. The molecule has 2 heterocycles. The summed E-state index contributed by atoms with van der Waals surface area (Å²) < 4.78 is 6.54. The minimum absolute atomic E-state index is 0.219. The molecule has 6 nitrogen and oxygen atoms in total. The number of hydrogen-bond acceptors (Lipinski definition) is 4. The number of hydrogen-bond donors (Lipinski definition) is 1. The molecule has 0 aliphatic carbocycles. The second kappa shape index (κ2) is 5.40. The van der Waals surface area contributed by atoms with Crippen molar-refractivity contribution in [1.29, 1.82) is 0 Å². The lowest BCUT2D eigenvalue weighted by Crippen LogP contribution is -2.33. The monoisotopic (exact) mass is 285 g/mol. The van der Waals surface area contributed by atoms with Crippen LogP contribution in [-0.4, -0.2) is 34.8 Å². The van der Waals surface area contributed by atoms with E-state index in [9.17, 15) is 9.59 Å². The van der Waals surface area contributed by atoms with Gasteiger partial charge in [0.15, 0.2) is 5.69 Å². The number of carbonyl (C=O) groups excluding carboxylic acids is 2. The fourth-order valence-corrected chi connectivity index (χ4v) is 2.42. The van der Waals surface area contributed by atoms with Crippen molar-refractivity contribution in [3.63, 3.8) is 0 Å². The molecule has 0 fully saturated rings. The van der Waals surface area contributed by atoms with Crippen molar-refractivity contribution in [3.05, 3.63) is 47.3 Å². The maximum atomic E-state index is 12.1. The maximum absolute atomic E-state index is 12.1. The standard InChI is InChI=1S/C15H15N3O3/c1-2-21-15(20)12-11-8-9-16-14(19)13(11)18(17-12)10-6-4-3-5-7-10/h3-7H,2,8-9H2,1H3,(H,16,19). The largest absolute Gasteiger partial charge is 0.461 e. The Kier molecular flexibility index (Phi) is 3.43. The van der Waals surface area contributed by atoms with Gasteiger partial charge in [-0.3, -0.25) is 4.79 Å². The number of rotatable bonds is 3. The van der Waals surface area contributed by atoms with Crippen molar-refractivity contribution >= 4 is 11.9 Å². The Morgan fingerprint density at radius 3 is 2.86 bits per heavy atom. The first kappa shape index (κ1) is 13.4. The van der Waals surface area contributed by atoms with E-state index in [4.69, 9.17) is 4.74 Å². The Morgan fingerprint density at radius 2 is 2.14 bits per heavy atom. The van der Waals surface area contributed by atoms with E-state index >= 15 is 0 Å². The van der Waals surface area contributed by atoms with Gasteiger partial charge in [-0.15, -0.1) is 0 Å². The molecule has 3 rings (SSSR count). The lowest BCUT2D eigenvalue weighted by atomic mass is 10.1. The summed E-state index contributed by atoms with van der Waals surface area (Å²) >= 11 is 0. The lowest BCUT2D eigenvalue weighted by Gasteiger charge is -2.14. The molecule has 1 aliphatic heterocycles. The normalized spacial score (nSPS) is 13.5. The van der Waals surface area contributed by atoms with Crippen molar-refractivity contribution in [2.45, 2.75) is 13.3 Å². The van der Waals surface area contributed by atoms with E-state index < -0.39 is 5.97 Å². The molecule has 6 heteroatoms. The van der Waals surface area contributed by atoms with Gasteiger partial charge in [-0.2, -0.15) is 5.10 Å². The summed E-state index contributed by atoms with van der Waals surface area (Å²) in [6.07, 6.45) is 0.571. The maximum Gasteiger partial charge on any atom is 0.359 e. The number of aromatic nitrogens is 2. The Morgan fingerprint density at radius 1 is 1.38 bits per heavy atom. The molecule has 0 spiro atoms. The van der Waals surface area contributed by atoms with E-state index in [0.717, 1.165) is 5.69 Å². The van der Waals surface area contributed by atoms with Gasteiger partial charge in [-0.1, -0.05) is 18.2 Å². The van der Waals surface area contributed by atoms with Crippen molar-refractivity contribution in [2.75, 3.05) is 13.2 Å². The van der Waals surface area contributed by atoms with Crippen molar-refractivity contribution in [3.8, 4) is 5.69 Å². The fourth-order valence-electron chi connectivity index (χ4n) is 2.42. The average molecular weight is 285 g/mol. The molecule has 108 valence electrons. The van der Waals surface area contributed by atoms with Crippen LogP contribution < -0.4 is 5.32 Å². The molecule has 1 aromatic heterocycles. The molecule has 0 bridgehead atoms. The summed E-state index contributed by atoms with van der Waals surface area (Å²) in [5.41, 5.74) is 2.03. The first-order valence-electron chi connectivity index (χ1n) is 6.85. The van der Waals surface area contributed by atoms with Gasteiger partial charge < -0.3 is 10.1 Å². The first-order chi connectivity index (χ1) is 10.2. The second-order valence-corrected chi connectivity index (χ2v) is 4.65. The van der Waals surface area contributed by atoms with Gasteiger partial charge >= 0.3 is 5.97 Å². The van der Waals surface area contributed by atoms with Crippen LogP contribution in [-0.2, 0) is 11.2 Å². The highest BCUT2D eigenvalue weighted by molar-refractivity contribution is 6.00. The molecule has 1 N–H and O–H groups in total. The van der Waals surface area contributed by atoms with Crippen LogP contribution in [0, 0.1) is 0 Å². The molecule has 1 amide bonds. The molecular formula is C15H15N3O3. The lowest BCUT2D eigenvalue weighted by molar-refractivity contribution is 0.0517. The summed E-state index contributed by atoms with van der Waals surface area (Å²) in [4.78, 5) is 24.2. The number of nitrogens with zero attached hydrogens (tertiary/aromatic N) is 2. The second-order valence-electron chi connectivity index (χ2n) is 4.65. The number of esters is 1. The minimum Gasteiger partial charge on any atom is -0.461 e. The molecule has 0 saturated carbocycles. The van der Waals surface area contributed by atoms with Gasteiger partial charge in [-0.25, -0.2) is 9.48 Å². The molecule has 0 saturated heterocycles. The SMILES string of the molecule is CCOC(=O)c1nn(-c2ccccc2)c2c1CCNC2=O. The molecule has 21 heavy (non-hydrogen) atoms. The topological polar surface area (TPSA) is 73.2 Å². The van der Waals surface area contributed by atoms with E-state index in [1.807, 2.05) is 30.3 Å². The van der Waals surface area contributed by atoms with Crippen molar-refractivity contribution in [2.24, 2.45) is 0 Å². The van der Waals surface area contributed by atoms with Gasteiger partial charge in [0, 0.05) is 12.1 Å². The third kappa shape index (κ3) is 2.29. The molecule has 0 atom stereocenters. The summed E-state index contributed by atoms with van der Waals surface area (Å²) in [5, 5.41) is 7.09. The Bertz CT molecular complexity index is 692. The van der Waals surface area contributed by atoms with Crippen molar-refractivity contribution < 1.29 is 14.3 Å². The van der Waals surface area contributed by atoms with E-state index in [-0.39, 0.29) is 18.2 Å². The zero-order chi connectivity index (χ0) is 14.8. The Hall–Kier alpha value is -2.63. The number of amides is 1. The molecule has 0 unspecified atom stereocenters. The van der Waals surface area contributed by atoms with E-state index in [1.165, 1.54) is 4.68 Å². The predicted molar refractivity (Wildman–Crippen MR) is 75.6 cm³/mol. The number of nitrogens with one attached hydrogen (secondary N) is 1. The molecule has 1 aromatic carbocycles. The average Bonchev–Trinajstić information content (AvgIpc) is 2.89. The third-order valence-corrected chi connectivity index (χ3v) is 3.33. The molecular weight excluding hydrogens is 270 g/mol. The van der Waals surface area contributed by atoms with E-state index in [1.54, 1.807) is 6.92 Å². The highest BCUT2D eigenvalue weighted by Crippen LogP contribution is 2.22. The van der Waals surface area contributed by atoms with Crippen molar-refractivity contribution in [1.82, 2.24) is 15.1 Å². The quantitative estimate of drug-likeness (QED) is 0.864. The molecule has 1 aliphatic rings. The number of ether oxygens (including phenoxy) is 1. The van der Waals surface area contributed by atoms with E-state index in [0.29, 0.717) is 24.2 Å². The zero-order valence-corrected chi connectivity index (χ0v) is 11.6. The van der Waals surface area contributed by atoms with Crippen LogP contribution in [0.4, 0.5) is 0 Å². The predicted octanol–water partition coefficient (Wildman–Crippen LogP) is 1.33. The first-order valence-corrected chi connectivity index (χ1v) is 6.85. The van der Waals surface area contributed by atoms with Gasteiger partial charge in [0.25, 0.3) is 5.91 Å². The molecule has 0 radical (unpaired) electrons. The highest BCUT2D eigenvalue weighted by Gasteiger charge is 2.30. The van der Waals surface area contributed by atoms with Crippen LogP contribution in [0.2, 0.25) is 0 Å². The number of fused-ring (bicyclic) bond motifs is 1. The fraction of sp³-hybridized carbons (Fsp3) is 0.267. The zero-order valence-electron chi connectivity index (χ0n) is 11.6. The van der Waals surface area contributed by atoms with Gasteiger partial charge in [0.2, 0.25) is 0 Å². The summed E-state index contributed by atoms with van der Waals surface area (Å²) in [7, 11) is 0. The van der Waals surface area contributed by atoms with Crippen LogP contribution in [0.3, 0.4) is 0 Å².